The van der Waals surface area contributed by atoms with E-state index in [0.717, 1.165) is 47.6 Å². The molecule has 1 fully saturated rings. The van der Waals surface area contributed by atoms with Crippen molar-refractivity contribution in [2.75, 3.05) is 24.2 Å². The number of ether oxygens (including phenoxy) is 1. The van der Waals surface area contributed by atoms with E-state index in [1.165, 1.54) is 29.4 Å². The second kappa shape index (κ2) is 17.8. The molecule has 62 heavy (non-hydrogen) atoms. The molecular formula is C45H40F3N7O6S. The summed E-state index contributed by atoms with van der Waals surface area (Å²) in [6, 6.07) is 27.7. The molecule has 1 amide bonds. The fourth-order valence-corrected chi connectivity index (χ4v) is 8.49. The Kier molecular flexibility index (Phi) is 12.1. The zero-order chi connectivity index (χ0) is 43.5. The molecular weight excluding hydrogens is 824 g/mol. The highest BCUT2D eigenvalue weighted by Crippen LogP contribution is 2.47. The SMILES string of the molecule is Nc1sc(-c2ccc(C(=O)NCCCCc3ccc(Nc4ncnc5c4ncn5[C@@H]4O[C@H](CO)[C@@H](O)[C@H]4O)cc3)cc2)c(-c2cccc(C(F)(F)F)c2)c1C(=O)c1ccccc1. The largest absolute Gasteiger partial charge is 0.416 e. The van der Waals surface area contributed by atoms with Crippen LogP contribution in [-0.2, 0) is 17.3 Å². The number of halogens is 3. The van der Waals surface area contributed by atoms with Crippen LogP contribution in [0.1, 0.15) is 56.5 Å². The van der Waals surface area contributed by atoms with Gasteiger partial charge in [0.05, 0.1) is 29.1 Å². The lowest BCUT2D eigenvalue weighted by Crippen LogP contribution is -2.33. The van der Waals surface area contributed by atoms with Crippen LogP contribution in [0.4, 0.5) is 29.7 Å². The van der Waals surface area contributed by atoms with Gasteiger partial charge in [-0.1, -0.05) is 66.7 Å². The minimum Gasteiger partial charge on any atom is -0.394 e. The van der Waals surface area contributed by atoms with Gasteiger partial charge in [-0.15, -0.1) is 11.3 Å². The average molecular weight is 864 g/mol. The molecule has 318 valence electrons. The number of nitrogen functional groups attached to an aromatic ring is 1. The lowest BCUT2D eigenvalue weighted by atomic mass is 9.92. The maximum Gasteiger partial charge on any atom is 0.416 e. The summed E-state index contributed by atoms with van der Waals surface area (Å²) in [5.41, 5.74) is 10.2. The third-order valence-electron chi connectivity index (χ3n) is 10.6. The molecule has 0 unspecified atom stereocenters. The number of fused-ring (bicyclic) bond motifs is 1. The van der Waals surface area contributed by atoms with Crippen LogP contribution in [0.2, 0.25) is 0 Å². The number of nitrogens with two attached hydrogens (primary N) is 1. The number of carbonyl (C=O) groups is 2. The fraction of sp³-hybridized carbons (Fsp3) is 0.222. The Hall–Kier alpha value is -6.50. The first-order chi connectivity index (χ1) is 29.9. The van der Waals surface area contributed by atoms with Crippen molar-refractivity contribution in [1.82, 2.24) is 24.8 Å². The summed E-state index contributed by atoms with van der Waals surface area (Å²) < 4.78 is 48.5. The number of thiophene rings is 1. The first-order valence-corrected chi connectivity index (χ1v) is 20.5. The van der Waals surface area contributed by atoms with Gasteiger partial charge < -0.3 is 36.4 Å². The molecule has 1 aliphatic heterocycles. The van der Waals surface area contributed by atoms with Crippen LogP contribution in [0.15, 0.2) is 116 Å². The molecule has 0 bridgehead atoms. The number of unbranched alkanes of at least 4 members (excludes halogenated alkanes) is 1. The topological polar surface area (TPSA) is 198 Å². The highest BCUT2D eigenvalue weighted by molar-refractivity contribution is 7.20. The minimum absolute atomic E-state index is 0.123. The van der Waals surface area contributed by atoms with Gasteiger partial charge in [0.25, 0.3) is 5.91 Å². The summed E-state index contributed by atoms with van der Waals surface area (Å²) in [7, 11) is 0. The van der Waals surface area contributed by atoms with Gasteiger partial charge in [-0.25, -0.2) is 15.0 Å². The average Bonchev–Trinajstić information content (AvgIpc) is 3.96. The molecule has 1 aliphatic rings. The number of hydrogen-bond donors (Lipinski definition) is 6. The van der Waals surface area contributed by atoms with Gasteiger partial charge in [-0.05, 0) is 72.4 Å². The number of aryl methyl sites for hydroxylation is 1. The number of ketones is 1. The smallest absolute Gasteiger partial charge is 0.394 e. The van der Waals surface area contributed by atoms with Crippen molar-refractivity contribution in [2.24, 2.45) is 0 Å². The van der Waals surface area contributed by atoms with E-state index in [1.54, 1.807) is 54.6 Å². The zero-order valence-electron chi connectivity index (χ0n) is 32.8. The minimum atomic E-state index is -4.60. The van der Waals surface area contributed by atoms with Gasteiger partial charge >= 0.3 is 6.18 Å². The molecule has 0 saturated carbocycles. The second-order valence-corrected chi connectivity index (χ2v) is 15.8. The van der Waals surface area contributed by atoms with Crippen molar-refractivity contribution in [1.29, 1.82) is 0 Å². The number of nitrogens with one attached hydrogen (secondary N) is 2. The van der Waals surface area contributed by atoms with Crippen molar-refractivity contribution in [2.45, 2.75) is 50.0 Å². The van der Waals surface area contributed by atoms with Crippen molar-refractivity contribution < 1.29 is 42.8 Å². The normalized spacial score (nSPS) is 17.6. The van der Waals surface area contributed by atoms with Gasteiger partial charge in [0.2, 0.25) is 0 Å². The van der Waals surface area contributed by atoms with Crippen LogP contribution >= 0.6 is 11.3 Å². The first kappa shape index (κ1) is 42.2. The molecule has 4 aromatic carbocycles. The molecule has 3 aromatic heterocycles. The van der Waals surface area contributed by atoms with Gasteiger partial charge in [0, 0.05) is 33.8 Å². The molecule has 17 heteroatoms. The van der Waals surface area contributed by atoms with Crippen molar-refractivity contribution >= 4 is 50.7 Å². The number of anilines is 3. The number of rotatable bonds is 14. The number of aromatic nitrogens is 4. The quantitative estimate of drug-likeness (QED) is 0.0479. The number of carbonyl (C=O) groups excluding carboxylic acids is 2. The number of aliphatic hydroxyl groups is 3. The molecule has 8 rings (SSSR count). The summed E-state index contributed by atoms with van der Waals surface area (Å²) in [5, 5.41) is 36.5. The Bertz CT molecular complexity index is 2710. The first-order valence-electron chi connectivity index (χ1n) is 19.7. The predicted octanol–water partition coefficient (Wildman–Crippen LogP) is 7.16. The Morgan fingerprint density at radius 2 is 1.61 bits per heavy atom. The number of benzene rings is 4. The van der Waals surface area contributed by atoms with Crippen molar-refractivity contribution in [3.05, 3.63) is 144 Å². The highest BCUT2D eigenvalue weighted by Gasteiger charge is 2.44. The Morgan fingerprint density at radius 1 is 0.855 bits per heavy atom. The van der Waals surface area contributed by atoms with Crippen LogP contribution in [0.3, 0.4) is 0 Å². The Labute approximate surface area is 356 Å². The highest BCUT2D eigenvalue weighted by atomic mass is 32.1. The summed E-state index contributed by atoms with van der Waals surface area (Å²) >= 11 is 1.10. The molecule has 7 N–H and O–H groups in total. The third kappa shape index (κ3) is 8.66. The number of nitrogens with zero attached hydrogens (tertiary/aromatic N) is 4. The molecule has 1 saturated heterocycles. The number of imidazole rings is 1. The molecule has 0 spiro atoms. The lowest BCUT2D eigenvalue weighted by Gasteiger charge is -2.16. The molecule has 0 aliphatic carbocycles. The van der Waals surface area contributed by atoms with Crippen LogP contribution < -0.4 is 16.4 Å². The number of amides is 1. The van der Waals surface area contributed by atoms with Gasteiger partial charge in [-0.2, -0.15) is 13.2 Å². The van der Waals surface area contributed by atoms with E-state index in [-0.39, 0.29) is 22.0 Å². The molecule has 0 radical (unpaired) electrons. The van der Waals surface area contributed by atoms with Gasteiger partial charge in [-0.3, -0.25) is 14.2 Å². The molecule has 13 nitrogen and oxygen atoms in total. The van der Waals surface area contributed by atoms with Crippen LogP contribution in [0.5, 0.6) is 0 Å². The summed E-state index contributed by atoms with van der Waals surface area (Å²) in [6.07, 6.45) is -3.99. The number of alkyl halides is 3. The zero-order valence-corrected chi connectivity index (χ0v) is 33.6. The van der Waals surface area contributed by atoms with E-state index < -0.39 is 48.7 Å². The van der Waals surface area contributed by atoms with Gasteiger partial charge in [0.1, 0.15) is 24.6 Å². The summed E-state index contributed by atoms with van der Waals surface area (Å²) in [6.45, 7) is -0.0161. The van der Waals surface area contributed by atoms with Crippen LogP contribution in [-0.4, -0.2) is 78.0 Å². The standard InChI is InChI=1S/C45H40F3N7O6S/c46-45(47,48)30-11-6-10-29(21-30)33-34(36(57)26-8-2-1-3-9-26)40(49)62-39(33)27-14-16-28(17-15-27)43(60)50-20-5-4-7-25-12-18-31(19-13-25)54-41-35-42(52-23-51-41)55(24-53-35)44-38(59)37(58)32(22-56)61-44/h1-3,6,8-19,21,23-24,32,37-38,44,56,58-59H,4-5,7,20,22,49H2,(H,50,60)(H,51,52,54)/t32-,37-,38-,44-/m1/s1. The van der Waals surface area contributed by atoms with Crippen molar-refractivity contribution in [3.63, 3.8) is 0 Å². The molecule has 7 aromatic rings. The lowest BCUT2D eigenvalue weighted by molar-refractivity contribution is -0.137. The Balaban J connectivity index is 0.873. The monoisotopic (exact) mass is 863 g/mol. The van der Waals surface area contributed by atoms with E-state index in [4.69, 9.17) is 10.5 Å². The molecule has 4 heterocycles. The maximum absolute atomic E-state index is 13.8. The van der Waals surface area contributed by atoms with E-state index in [2.05, 4.69) is 25.6 Å². The van der Waals surface area contributed by atoms with E-state index in [0.29, 0.717) is 57.1 Å². The third-order valence-corrected chi connectivity index (χ3v) is 11.7. The number of hydrogen-bond acceptors (Lipinski definition) is 12. The fourth-order valence-electron chi connectivity index (χ4n) is 7.40. The van der Waals surface area contributed by atoms with Crippen molar-refractivity contribution in [3.8, 4) is 21.6 Å². The number of aliphatic hydroxyl groups excluding tert-OH is 3. The van der Waals surface area contributed by atoms with Crippen LogP contribution in [0.25, 0.3) is 32.7 Å². The van der Waals surface area contributed by atoms with E-state index in [1.807, 2.05) is 24.3 Å². The molecule has 4 atom stereocenters. The predicted molar refractivity (Wildman–Crippen MR) is 228 cm³/mol. The maximum atomic E-state index is 13.8. The van der Waals surface area contributed by atoms with E-state index in [9.17, 15) is 38.1 Å². The van der Waals surface area contributed by atoms with Gasteiger partial charge in [0.15, 0.2) is 29.0 Å². The summed E-state index contributed by atoms with van der Waals surface area (Å²) in [5.74, 6) is -0.258. The second-order valence-electron chi connectivity index (χ2n) is 14.7. The van der Waals surface area contributed by atoms with E-state index >= 15 is 0 Å². The Morgan fingerprint density at radius 3 is 2.32 bits per heavy atom. The van der Waals surface area contributed by atoms with Crippen LogP contribution in [0, 0.1) is 0 Å². The summed E-state index contributed by atoms with van der Waals surface area (Å²) in [4.78, 5) is 40.4.